The standard InChI is InChI=1S/C18H17N3O3/c1-19-16-15-11-8-9(2-4-12(11)24-17(15)16)23-13-6-7-20-18-10(13)3-5-14(22)21-18/h2,4,6-8,15-17,19H,3,5H2,1H3,(H,20,21,22)/t15-,16-,17?/m0/s1. The first-order chi connectivity index (χ1) is 11.7. The molecular weight excluding hydrogens is 306 g/mol. The van der Waals surface area contributed by atoms with Gasteiger partial charge in [-0.3, -0.25) is 4.79 Å². The minimum absolute atomic E-state index is 0.000267. The van der Waals surface area contributed by atoms with Crippen LogP contribution in [-0.2, 0) is 11.2 Å². The number of fused-ring (bicyclic) bond motifs is 4. The minimum atomic E-state index is -0.000267. The van der Waals surface area contributed by atoms with Crippen LogP contribution >= 0.6 is 0 Å². The average Bonchev–Trinajstić information content (AvgIpc) is 3.16. The van der Waals surface area contributed by atoms with Gasteiger partial charge in [-0.1, -0.05) is 0 Å². The van der Waals surface area contributed by atoms with Gasteiger partial charge in [0.25, 0.3) is 0 Å². The largest absolute Gasteiger partial charge is 0.488 e. The number of nitrogens with zero attached hydrogens (tertiary/aromatic N) is 1. The van der Waals surface area contributed by atoms with E-state index in [4.69, 9.17) is 9.47 Å². The normalized spacial score (nSPS) is 25.9. The molecule has 1 saturated carbocycles. The molecule has 3 atom stereocenters. The number of ether oxygens (including phenoxy) is 2. The fourth-order valence-corrected chi connectivity index (χ4v) is 3.73. The molecular formula is C18H17N3O3. The topological polar surface area (TPSA) is 72.5 Å². The van der Waals surface area contributed by atoms with Crippen molar-refractivity contribution in [1.29, 1.82) is 0 Å². The summed E-state index contributed by atoms with van der Waals surface area (Å²) >= 11 is 0. The molecule has 0 bridgehead atoms. The first-order valence-electron chi connectivity index (χ1n) is 8.18. The molecule has 1 amide bonds. The molecule has 3 heterocycles. The van der Waals surface area contributed by atoms with E-state index >= 15 is 0 Å². The van der Waals surface area contributed by atoms with Crippen molar-refractivity contribution in [2.45, 2.75) is 30.9 Å². The highest BCUT2D eigenvalue weighted by molar-refractivity contribution is 5.93. The molecule has 1 fully saturated rings. The second-order valence-electron chi connectivity index (χ2n) is 6.41. The molecule has 6 nitrogen and oxygen atoms in total. The van der Waals surface area contributed by atoms with Crippen LogP contribution in [0.25, 0.3) is 0 Å². The fourth-order valence-electron chi connectivity index (χ4n) is 3.73. The highest BCUT2D eigenvalue weighted by atomic mass is 16.5. The highest BCUT2D eigenvalue weighted by Crippen LogP contribution is 2.54. The predicted molar refractivity (Wildman–Crippen MR) is 87.7 cm³/mol. The third kappa shape index (κ3) is 1.99. The number of hydrogen-bond donors (Lipinski definition) is 2. The van der Waals surface area contributed by atoms with Crippen LogP contribution in [0.3, 0.4) is 0 Å². The summed E-state index contributed by atoms with van der Waals surface area (Å²) in [4.78, 5) is 15.7. The van der Waals surface area contributed by atoms with Crippen molar-refractivity contribution < 1.29 is 14.3 Å². The van der Waals surface area contributed by atoms with Crippen LogP contribution in [-0.4, -0.2) is 30.1 Å². The van der Waals surface area contributed by atoms with Crippen molar-refractivity contribution in [2.75, 3.05) is 12.4 Å². The number of amides is 1. The average molecular weight is 323 g/mol. The first kappa shape index (κ1) is 13.8. The third-order valence-electron chi connectivity index (χ3n) is 4.99. The zero-order chi connectivity index (χ0) is 16.3. The lowest BCUT2D eigenvalue weighted by Gasteiger charge is -2.19. The molecule has 1 aliphatic carbocycles. The molecule has 1 aromatic carbocycles. The summed E-state index contributed by atoms with van der Waals surface area (Å²) < 4.78 is 12.0. The zero-order valence-electron chi connectivity index (χ0n) is 13.2. The Balaban J connectivity index is 1.45. The van der Waals surface area contributed by atoms with E-state index in [9.17, 15) is 4.79 Å². The lowest BCUT2D eigenvalue weighted by atomic mass is 10.1. The van der Waals surface area contributed by atoms with Gasteiger partial charge in [0, 0.05) is 29.7 Å². The number of pyridine rings is 1. The van der Waals surface area contributed by atoms with Gasteiger partial charge in [0.05, 0.1) is 6.04 Å². The maximum atomic E-state index is 11.5. The third-order valence-corrected chi connectivity index (χ3v) is 4.99. The van der Waals surface area contributed by atoms with E-state index in [2.05, 4.69) is 21.7 Å². The van der Waals surface area contributed by atoms with Gasteiger partial charge in [-0.05, 0) is 37.7 Å². The number of anilines is 1. The molecule has 0 spiro atoms. The summed E-state index contributed by atoms with van der Waals surface area (Å²) in [5.41, 5.74) is 2.15. The monoisotopic (exact) mass is 323 g/mol. The molecule has 0 saturated heterocycles. The molecule has 1 unspecified atom stereocenters. The van der Waals surface area contributed by atoms with Gasteiger partial charge in [0.2, 0.25) is 5.91 Å². The number of nitrogens with one attached hydrogen (secondary N) is 2. The zero-order valence-corrected chi connectivity index (χ0v) is 13.2. The van der Waals surface area contributed by atoms with Crippen LogP contribution < -0.4 is 20.1 Å². The first-order valence-corrected chi connectivity index (χ1v) is 8.18. The van der Waals surface area contributed by atoms with Gasteiger partial charge < -0.3 is 20.1 Å². The van der Waals surface area contributed by atoms with E-state index in [1.54, 1.807) is 6.20 Å². The molecule has 2 aliphatic heterocycles. The Kier molecular flexibility index (Phi) is 2.84. The molecule has 1 aromatic heterocycles. The summed E-state index contributed by atoms with van der Waals surface area (Å²) in [7, 11) is 1.96. The molecule has 24 heavy (non-hydrogen) atoms. The lowest BCUT2D eigenvalue weighted by Crippen LogP contribution is -2.20. The number of carbonyl (C=O) groups excluding carboxylic acids is 1. The van der Waals surface area contributed by atoms with Crippen LogP contribution in [0.15, 0.2) is 30.5 Å². The van der Waals surface area contributed by atoms with E-state index < -0.39 is 0 Å². The van der Waals surface area contributed by atoms with Gasteiger partial charge in [-0.25, -0.2) is 4.98 Å². The summed E-state index contributed by atoms with van der Waals surface area (Å²) in [5, 5.41) is 6.08. The number of rotatable bonds is 3. The quantitative estimate of drug-likeness (QED) is 0.906. The predicted octanol–water partition coefficient (Wildman–Crippen LogP) is 2.20. The Morgan fingerprint density at radius 2 is 2.25 bits per heavy atom. The molecule has 3 aliphatic rings. The Hall–Kier alpha value is -2.60. The van der Waals surface area contributed by atoms with Crippen LogP contribution in [0, 0.1) is 0 Å². The van der Waals surface area contributed by atoms with E-state index in [1.165, 1.54) is 5.56 Å². The summed E-state index contributed by atoms with van der Waals surface area (Å²) in [6, 6.07) is 8.20. The van der Waals surface area contributed by atoms with E-state index in [0.717, 1.165) is 22.8 Å². The number of aromatic nitrogens is 1. The molecule has 0 radical (unpaired) electrons. The van der Waals surface area contributed by atoms with Gasteiger partial charge in [0.15, 0.2) is 0 Å². The molecule has 5 rings (SSSR count). The molecule has 122 valence electrons. The maximum Gasteiger partial charge on any atom is 0.225 e. The fraction of sp³-hybridized carbons (Fsp3) is 0.333. The van der Waals surface area contributed by atoms with Crippen LogP contribution in [0.5, 0.6) is 17.2 Å². The van der Waals surface area contributed by atoms with E-state index in [1.807, 2.05) is 25.2 Å². The van der Waals surface area contributed by atoms with Gasteiger partial charge in [-0.2, -0.15) is 0 Å². The van der Waals surface area contributed by atoms with Gasteiger partial charge >= 0.3 is 0 Å². The Labute approximate surface area is 139 Å². The number of carbonyl (C=O) groups is 1. The van der Waals surface area contributed by atoms with Crippen molar-refractivity contribution in [2.24, 2.45) is 0 Å². The molecule has 6 heteroatoms. The van der Waals surface area contributed by atoms with Crippen molar-refractivity contribution in [3.63, 3.8) is 0 Å². The lowest BCUT2D eigenvalue weighted by molar-refractivity contribution is -0.116. The van der Waals surface area contributed by atoms with Crippen molar-refractivity contribution in [3.05, 3.63) is 41.6 Å². The van der Waals surface area contributed by atoms with Gasteiger partial charge in [-0.15, -0.1) is 0 Å². The SMILES string of the molecule is CN[C@@H]1C2Oc3ccc(Oc4ccnc5c4CCC(=O)N5)cc3[C@H]21. The van der Waals surface area contributed by atoms with Crippen LogP contribution in [0.2, 0.25) is 0 Å². The summed E-state index contributed by atoms with van der Waals surface area (Å²) in [6.45, 7) is 0. The second kappa shape index (κ2) is 4.95. The Morgan fingerprint density at radius 1 is 1.33 bits per heavy atom. The van der Waals surface area contributed by atoms with E-state index in [-0.39, 0.29) is 12.0 Å². The highest BCUT2D eigenvalue weighted by Gasteiger charge is 2.58. The second-order valence-corrected chi connectivity index (χ2v) is 6.41. The number of hydrogen-bond acceptors (Lipinski definition) is 5. The van der Waals surface area contributed by atoms with Crippen LogP contribution in [0.4, 0.5) is 5.82 Å². The maximum absolute atomic E-state index is 11.5. The molecule has 2 N–H and O–H groups in total. The Bertz CT molecular complexity index is 851. The van der Waals surface area contributed by atoms with Crippen molar-refractivity contribution in [1.82, 2.24) is 10.3 Å². The number of likely N-dealkylation sites (N-methyl/N-ethyl adjacent to an activating group) is 1. The summed E-state index contributed by atoms with van der Waals surface area (Å²) in [6.07, 6.45) is 3.01. The summed E-state index contributed by atoms with van der Waals surface area (Å²) in [5.74, 6) is 3.50. The number of benzene rings is 1. The van der Waals surface area contributed by atoms with Crippen molar-refractivity contribution >= 4 is 11.7 Å². The smallest absolute Gasteiger partial charge is 0.225 e. The Morgan fingerprint density at radius 3 is 3.12 bits per heavy atom. The van der Waals surface area contributed by atoms with Crippen LogP contribution in [0.1, 0.15) is 23.5 Å². The minimum Gasteiger partial charge on any atom is -0.488 e. The molecule has 2 aromatic rings. The van der Waals surface area contributed by atoms with Gasteiger partial charge in [0.1, 0.15) is 29.2 Å². The van der Waals surface area contributed by atoms with E-state index in [0.29, 0.717) is 30.6 Å². The van der Waals surface area contributed by atoms with Crippen molar-refractivity contribution in [3.8, 4) is 17.2 Å².